The van der Waals surface area contributed by atoms with Crippen molar-refractivity contribution in [2.45, 2.75) is 4.71 Å². The Hall–Kier alpha value is -1.19. The van der Waals surface area contributed by atoms with Crippen molar-refractivity contribution >= 4 is 63.5 Å². The zero-order chi connectivity index (χ0) is 18.0. The number of fused-ring (bicyclic) bond motifs is 1. The van der Waals surface area contributed by atoms with Gasteiger partial charge in [0.25, 0.3) is 5.91 Å². The van der Waals surface area contributed by atoms with E-state index in [0.29, 0.717) is 18.0 Å². The molecule has 0 radical (unpaired) electrons. The Morgan fingerprint density at radius 1 is 1.28 bits per heavy atom. The summed E-state index contributed by atoms with van der Waals surface area (Å²) in [7, 11) is 1.75. The van der Waals surface area contributed by atoms with E-state index in [1.807, 2.05) is 23.1 Å². The number of amides is 1. The summed E-state index contributed by atoms with van der Waals surface area (Å²) in [4.78, 5) is 17.5. The van der Waals surface area contributed by atoms with Gasteiger partial charge >= 0.3 is 0 Å². The number of rotatable bonds is 6. The lowest BCUT2D eigenvalue weighted by Crippen LogP contribution is -2.29. The summed E-state index contributed by atoms with van der Waals surface area (Å²) in [6, 6.07) is 8.15. The zero-order valence-electron chi connectivity index (χ0n) is 13.8. The summed E-state index contributed by atoms with van der Waals surface area (Å²) < 4.78 is 0.974. The molecule has 134 valence electrons. The molecule has 1 saturated heterocycles. The number of aliphatic hydroxyl groups excluding tert-OH is 2. The van der Waals surface area contributed by atoms with E-state index >= 15 is 0 Å². The van der Waals surface area contributed by atoms with E-state index in [9.17, 15) is 15.0 Å². The maximum atomic E-state index is 12.2. The van der Waals surface area contributed by atoms with Crippen LogP contribution in [0.2, 0.25) is 0 Å². The van der Waals surface area contributed by atoms with Crippen molar-refractivity contribution in [1.82, 2.24) is 4.90 Å². The van der Waals surface area contributed by atoms with Crippen LogP contribution in [0.25, 0.3) is 16.2 Å². The Labute approximate surface area is 160 Å². The SMILES string of the molecule is CN1C(=O)/C(=C/c2cc3ccc(N(CCO)CCO)cc3s2)SC1S. The molecule has 1 unspecified atom stereocenters. The molecule has 1 aromatic heterocycles. The van der Waals surface area contributed by atoms with Gasteiger partial charge in [0.05, 0.1) is 18.1 Å². The molecule has 2 N–H and O–H groups in total. The molecule has 2 aromatic rings. The Morgan fingerprint density at radius 2 is 2.00 bits per heavy atom. The number of carbonyl (C=O) groups is 1. The highest BCUT2D eigenvalue weighted by atomic mass is 32.2. The molecule has 8 heteroatoms. The molecule has 3 rings (SSSR count). The van der Waals surface area contributed by atoms with Crippen LogP contribution in [-0.2, 0) is 4.79 Å². The molecule has 0 spiro atoms. The highest BCUT2D eigenvalue weighted by Crippen LogP contribution is 2.38. The molecular weight excluding hydrogens is 376 g/mol. The molecule has 1 atom stereocenters. The van der Waals surface area contributed by atoms with Crippen LogP contribution in [0.3, 0.4) is 0 Å². The minimum Gasteiger partial charge on any atom is -0.395 e. The van der Waals surface area contributed by atoms with Crippen LogP contribution < -0.4 is 4.90 Å². The van der Waals surface area contributed by atoms with Gasteiger partial charge in [0, 0.05) is 35.4 Å². The third-order valence-electron chi connectivity index (χ3n) is 4.00. The number of hydrogen-bond donors (Lipinski definition) is 3. The van der Waals surface area contributed by atoms with Crippen molar-refractivity contribution in [3.8, 4) is 0 Å². The summed E-state index contributed by atoms with van der Waals surface area (Å²) in [5.74, 6) is 0.000196. The normalized spacial score (nSPS) is 19.4. The number of carbonyl (C=O) groups excluding carboxylic acids is 1. The van der Waals surface area contributed by atoms with Crippen molar-refractivity contribution in [3.63, 3.8) is 0 Å². The first kappa shape index (κ1) is 18.6. The first-order valence-electron chi connectivity index (χ1n) is 7.87. The zero-order valence-corrected chi connectivity index (χ0v) is 16.3. The van der Waals surface area contributed by atoms with Crippen LogP contribution in [0.4, 0.5) is 5.69 Å². The van der Waals surface area contributed by atoms with Crippen LogP contribution in [0.5, 0.6) is 0 Å². The topological polar surface area (TPSA) is 64.0 Å². The number of anilines is 1. The summed E-state index contributed by atoms with van der Waals surface area (Å²) in [5.41, 5.74) is 0.970. The van der Waals surface area contributed by atoms with Crippen LogP contribution in [0, 0.1) is 0 Å². The Morgan fingerprint density at radius 3 is 2.60 bits per heavy atom. The van der Waals surface area contributed by atoms with E-state index in [2.05, 4.69) is 24.8 Å². The quantitative estimate of drug-likeness (QED) is 0.517. The van der Waals surface area contributed by atoms with Gasteiger partial charge in [-0.1, -0.05) is 17.8 Å². The summed E-state index contributed by atoms with van der Waals surface area (Å²) >= 11 is 7.45. The van der Waals surface area contributed by atoms with Crippen LogP contribution in [-0.4, -0.2) is 59.1 Å². The minimum absolute atomic E-state index is 0.000196. The molecule has 1 aromatic carbocycles. The van der Waals surface area contributed by atoms with Gasteiger partial charge in [-0.05, 0) is 29.7 Å². The molecular formula is C17H20N2O3S3. The number of hydrogen-bond acceptors (Lipinski definition) is 7. The van der Waals surface area contributed by atoms with Gasteiger partial charge in [0.1, 0.15) is 4.71 Å². The second kappa shape index (κ2) is 8.01. The van der Waals surface area contributed by atoms with Gasteiger partial charge < -0.3 is 20.0 Å². The lowest BCUT2D eigenvalue weighted by Gasteiger charge is -2.22. The fraction of sp³-hybridized carbons (Fsp3) is 0.353. The smallest absolute Gasteiger partial charge is 0.261 e. The summed E-state index contributed by atoms with van der Waals surface area (Å²) in [5, 5.41) is 19.5. The Kier molecular flexibility index (Phi) is 5.96. The van der Waals surface area contributed by atoms with E-state index in [-0.39, 0.29) is 23.8 Å². The third kappa shape index (κ3) is 3.98. The molecule has 0 bridgehead atoms. The van der Waals surface area contributed by atoms with E-state index in [1.165, 1.54) is 11.8 Å². The lowest BCUT2D eigenvalue weighted by molar-refractivity contribution is -0.123. The first-order valence-corrected chi connectivity index (χ1v) is 10.1. The second-order valence-corrected chi connectivity index (χ2v) is 8.75. The Bertz CT molecular complexity index is 800. The van der Waals surface area contributed by atoms with Crippen LogP contribution >= 0.6 is 35.7 Å². The molecule has 25 heavy (non-hydrogen) atoms. The predicted octanol–water partition coefficient (Wildman–Crippen LogP) is 2.45. The van der Waals surface area contributed by atoms with Gasteiger partial charge in [-0.2, -0.15) is 0 Å². The fourth-order valence-corrected chi connectivity index (χ4v) is 5.14. The maximum absolute atomic E-state index is 12.2. The molecule has 1 fully saturated rings. The highest BCUT2D eigenvalue weighted by molar-refractivity contribution is 8.14. The summed E-state index contributed by atoms with van der Waals surface area (Å²) in [6.45, 7) is 1.04. The van der Waals surface area contributed by atoms with E-state index in [4.69, 9.17) is 0 Å². The molecule has 1 aliphatic heterocycles. The molecule has 0 aliphatic carbocycles. The summed E-state index contributed by atoms with van der Waals surface area (Å²) in [6.07, 6.45) is 1.92. The molecule has 2 heterocycles. The average Bonchev–Trinajstić information content (AvgIpc) is 3.10. The molecule has 1 amide bonds. The van der Waals surface area contributed by atoms with Gasteiger partial charge in [-0.3, -0.25) is 4.79 Å². The number of likely N-dealkylation sites (N-methyl/N-ethyl adjacent to an activating group) is 1. The predicted molar refractivity (Wildman–Crippen MR) is 109 cm³/mol. The lowest BCUT2D eigenvalue weighted by atomic mass is 10.2. The van der Waals surface area contributed by atoms with Crippen molar-refractivity contribution in [1.29, 1.82) is 0 Å². The third-order valence-corrected chi connectivity index (χ3v) is 6.78. The van der Waals surface area contributed by atoms with E-state index < -0.39 is 0 Å². The Balaban J connectivity index is 1.89. The van der Waals surface area contributed by atoms with Gasteiger partial charge in [0.15, 0.2) is 0 Å². The number of benzene rings is 1. The van der Waals surface area contributed by atoms with E-state index in [1.54, 1.807) is 23.3 Å². The second-order valence-electron chi connectivity index (χ2n) is 5.67. The van der Waals surface area contributed by atoms with Gasteiger partial charge in [-0.15, -0.1) is 24.0 Å². The average molecular weight is 397 g/mol. The first-order chi connectivity index (χ1) is 12.0. The van der Waals surface area contributed by atoms with Gasteiger partial charge in [0.2, 0.25) is 0 Å². The van der Waals surface area contributed by atoms with E-state index in [0.717, 1.165) is 20.7 Å². The maximum Gasteiger partial charge on any atom is 0.261 e. The monoisotopic (exact) mass is 396 g/mol. The largest absolute Gasteiger partial charge is 0.395 e. The molecule has 1 aliphatic rings. The standard InChI is InChI=1S/C17H20N2O3S3/c1-18-16(22)15(25-17(18)23)10-13-8-11-2-3-12(9-14(11)24-13)19(4-6-20)5-7-21/h2-3,8-10,17,20-21,23H,4-7H2,1H3/b15-10-. The fourth-order valence-electron chi connectivity index (χ4n) is 2.66. The molecule has 0 saturated carbocycles. The molecule has 5 nitrogen and oxygen atoms in total. The minimum atomic E-state index is -0.134. The number of thiophene rings is 1. The van der Waals surface area contributed by atoms with Crippen molar-refractivity contribution in [2.75, 3.05) is 38.3 Å². The number of thiol groups is 1. The number of thioether (sulfide) groups is 1. The van der Waals surface area contributed by atoms with Crippen LogP contribution in [0.1, 0.15) is 4.88 Å². The number of nitrogens with zero attached hydrogens (tertiary/aromatic N) is 2. The van der Waals surface area contributed by atoms with Crippen molar-refractivity contribution in [2.24, 2.45) is 0 Å². The van der Waals surface area contributed by atoms with Crippen LogP contribution in [0.15, 0.2) is 29.2 Å². The highest BCUT2D eigenvalue weighted by Gasteiger charge is 2.30. The van der Waals surface area contributed by atoms with Gasteiger partial charge in [-0.25, -0.2) is 0 Å². The van der Waals surface area contributed by atoms with Crippen molar-refractivity contribution in [3.05, 3.63) is 34.0 Å². The number of aliphatic hydroxyl groups is 2. The van der Waals surface area contributed by atoms with Crippen molar-refractivity contribution < 1.29 is 15.0 Å².